The Hall–Kier alpha value is -0.840. The van der Waals surface area contributed by atoms with Crippen molar-refractivity contribution in [2.75, 3.05) is 0 Å². The van der Waals surface area contributed by atoms with Crippen molar-refractivity contribution >= 4 is 33.2 Å². The van der Waals surface area contributed by atoms with Crippen molar-refractivity contribution < 1.29 is 4.74 Å². The molecule has 1 aromatic heterocycles. The minimum atomic E-state index is 0.299. The third kappa shape index (κ3) is 2.41. The molecular formula is C15H17ClN2OS. The molecule has 0 radical (unpaired) electrons. The fourth-order valence-electron chi connectivity index (χ4n) is 3.44. The Morgan fingerprint density at radius 3 is 2.85 bits per heavy atom. The number of rotatable bonds is 2. The molecule has 20 heavy (non-hydrogen) atoms. The van der Waals surface area contributed by atoms with E-state index in [1.807, 2.05) is 18.2 Å². The molecule has 2 bridgehead atoms. The molecule has 106 valence electrons. The normalized spacial score (nSPS) is 29.6. The van der Waals surface area contributed by atoms with Gasteiger partial charge in [-0.25, -0.2) is 0 Å². The number of halogens is 1. The lowest BCUT2D eigenvalue weighted by atomic mass is 9.85. The van der Waals surface area contributed by atoms with E-state index >= 15 is 0 Å². The zero-order valence-electron chi connectivity index (χ0n) is 11.1. The number of ether oxygens (including phenoxy) is 1. The molecule has 0 saturated carbocycles. The molecular weight excluding hydrogens is 292 g/mol. The third-order valence-electron chi connectivity index (χ3n) is 4.35. The summed E-state index contributed by atoms with van der Waals surface area (Å²) in [6.07, 6.45) is 6.42. The van der Waals surface area contributed by atoms with Gasteiger partial charge in [-0.15, -0.1) is 0 Å². The van der Waals surface area contributed by atoms with Crippen molar-refractivity contribution in [1.82, 2.24) is 9.69 Å². The summed E-state index contributed by atoms with van der Waals surface area (Å²) in [6.45, 7) is 0. The summed E-state index contributed by atoms with van der Waals surface area (Å²) >= 11 is 7.48. The lowest BCUT2D eigenvalue weighted by Crippen LogP contribution is -2.51. The maximum atomic E-state index is 6.20. The van der Waals surface area contributed by atoms with Gasteiger partial charge in [0.25, 0.3) is 0 Å². The molecule has 5 heteroatoms. The molecule has 2 aromatic rings. The summed E-state index contributed by atoms with van der Waals surface area (Å²) in [5.74, 6) is 0.784. The molecule has 3 heterocycles. The Bertz CT molecular complexity index is 617. The van der Waals surface area contributed by atoms with Crippen molar-refractivity contribution in [3.05, 3.63) is 23.2 Å². The molecule has 2 saturated heterocycles. The van der Waals surface area contributed by atoms with Crippen molar-refractivity contribution in [1.29, 1.82) is 0 Å². The van der Waals surface area contributed by atoms with Crippen molar-refractivity contribution in [2.45, 2.75) is 50.3 Å². The van der Waals surface area contributed by atoms with Gasteiger partial charge in [-0.3, -0.25) is 0 Å². The highest BCUT2D eigenvalue weighted by Crippen LogP contribution is 2.34. The summed E-state index contributed by atoms with van der Waals surface area (Å²) in [4.78, 5) is 0. The van der Waals surface area contributed by atoms with E-state index in [-0.39, 0.29) is 0 Å². The smallest absolute Gasteiger partial charge is 0.233 e. The summed E-state index contributed by atoms with van der Waals surface area (Å²) in [6, 6.07) is 7.14. The number of hydrogen-bond donors (Lipinski definition) is 1. The first kappa shape index (κ1) is 12.9. The van der Waals surface area contributed by atoms with Crippen LogP contribution in [0.15, 0.2) is 18.2 Å². The largest absolute Gasteiger partial charge is 0.473 e. The monoisotopic (exact) mass is 308 g/mol. The minimum Gasteiger partial charge on any atom is -0.473 e. The van der Waals surface area contributed by atoms with Gasteiger partial charge in [0.15, 0.2) is 0 Å². The van der Waals surface area contributed by atoms with E-state index < -0.39 is 0 Å². The lowest BCUT2D eigenvalue weighted by Gasteiger charge is -2.39. The quantitative estimate of drug-likeness (QED) is 0.910. The van der Waals surface area contributed by atoms with Gasteiger partial charge in [-0.1, -0.05) is 18.0 Å². The fourth-order valence-corrected chi connectivity index (χ4v) is 4.43. The fraction of sp³-hybridized carbons (Fsp3) is 0.533. The number of hydrogen-bond acceptors (Lipinski definition) is 4. The Balaban J connectivity index is 1.55. The number of fused-ring (bicyclic) bond motifs is 3. The van der Waals surface area contributed by atoms with Crippen LogP contribution in [0.25, 0.3) is 10.1 Å². The van der Waals surface area contributed by atoms with Gasteiger partial charge in [0, 0.05) is 17.1 Å². The minimum absolute atomic E-state index is 0.299. The SMILES string of the molecule is Clc1ccc2c(OC3C[C@H]4CCC[C@@H](C3)N4)nsc2c1. The highest BCUT2D eigenvalue weighted by molar-refractivity contribution is 7.13. The number of nitrogens with one attached hydrogen (secondary N) is 1. The van der Waals surface area contributed by atoms with Gasteiger partial charge in [-0.05, 0) is 55.4 Å². The summed E-state index contributed by atoms with van der Waals surface area (Å²) < 4.78 is 11.8. The van der Waals surface area contributed by atoms with Crippen LogP contribution >= 0.6 is 23.1 Å². The number of aromatic nitrogens is 1. The van der Waals surface area contributed by atoms with Crippen LogP contribution in [0, 0.1) is 0 Å². The topological polar surface area (TPSA) is 34.1 Å². The van der Waals surface area contributed by atoms with E-state index in [0.717, 1.165) is 33.8 Å². The molecule has 0 amide bonds. The third-order valence-corrected chi connectivity index (χ3v) is 5.38. The maximum Gasteiger partial charge on any atom is 0.233 e. The van der Waals surface area contributed by atoms with Gasteiger partial charge in [0.1, 0.15) is 6.10 Å². The summed E-state index contributed by atoms with van der Waals surface area (Å²) in [7, 11) is 0. The molecule has 3 atom stereocenters. The first-order valence-electron chi connectivity index (χ1n) is 7.25. The van der Waals surface area contributed by atoms with Gasteiger partial charge < -0.3 is 10.1 Å². The second-order valence-corrected chi connectivity index (χ2v) is 7.07. The van der Waals surface area contributed by atoms with E-state index in [0.29, 0.717) is 18.2 Å². The Labute approximate surface area is 127 Å². The Morgan fingerprint density at radius 2 is 2.05 bits per heavy atom. The van der Waals surface area contributed by atoms with Crippen LogP contribution < -0.4 is 10.1 Å². The second-order valence-electron chi connectivity index (χ2n) is 5.83. The molecule has 1 aromatic carbocycles. The van der Waals surface area contributed by atoms with E-state index in [2.05, 4.69) is 9.69 Å². The highest BCUT2D eigenvalue weighted by Gasteiger charge is 2.32. The average Bonchev–Trinajstić information content (AvgIpc) is 2.80. The molecule has 4 rings (SSSR count). The molecule has 0 spiro atoms. The van der Waals surface area contributed by atoms with Crippen molar-refractivity contribution in [2.24, 2.45) is 0 Å². The second kappa shape index (κ2) is 5.17. The molecule has 1 unspecified atom stereocenters. The zero-order valence-corrected chi connectivity index (χ0v) is 12.7. The first-order chi connectivity index (χ1) is 9.78. The number of benzene rings is 1. The van der Waals surface area contributed by atoms with Gasteiger partial charge in [0.05, 0.1) is 10.1 Å². The molecule has 2 fully saturated rings. The maximum absolute atomic E-state index is 6.20. The lowest BCUT2D eigenvalue weighted by molar-refractivity contribution is 0.0911. The predicted molar refractivity (Wildman–Crippen MR) is 82.8 cm³/mol. The highest BCUT2D eigenvalue weighted by atomic mass is 35.5. The van der Waals surface area contributed by atoms with Crippen molar-refractivity contribution in [3.63, 3.8) is 0 Å². The van der Waals surface area contributed by atoms with Gasteiger partial charge in [0.2, 0.25) is 5.88 Å². The predicted octanol–water partition coefficient (Wildman–Crippen LogP) is 4.00. The molecule has 2 aliphatic rings. The molecule has 1 N–H and O–H groups in total. The first-order valence-corrected chi connectivity index (χ1v) is 8.41. The number of nitrogens with zero attached hydrogens (tertiary/aromatic N) is 1. The Kier molecular flexibility index (Phi) is 3.33. The van der Waals surface area contributed by atoms with Crippen LogP contribution in [0.5, 0.6) is 5.88 Å². The van der Waals surface area contributed by atoms with E-state index in [1.54, 1.807) is 0 Å². The van der Waals surface area contributed by atoms with Crippen LogP contribution in [0.1, 0.15) is 32.1 Å². The van der Waals surface area contributed by atoms with Crippen LogP contribution in [-0.4, -0.2) is 22.6 Å². The molecule has 0 aliphatic carbocycles. The van der Waals surface area contributed by atoms with Gasteiger partial charge >= 0.3 is 0 Å². The van der Waals surface area contributed by atoms with E-state index in [4.69, 9.17) is 16.3 Å². The zero-order chi connectivity index (χ0) is 13.5. The van der Waals surface area contributed by atoms with Gasteiger partial charge in [-0.2, -0.15) is 4.37 Å². The van der Waals surface area contributed by atoms with E-state index in [1.165, 1.54) is 30.8 Å². The van der Waals surface area contributed by atoms with Crippen LogP contribution in [0.2, 0.25) is 5.02 Å². The van der Waals surface area contributed by atoms with Crippen LogP contribution in [0.3, 0.4) is 0 Å². The van der Waals surface area contributed by atoms with E-state index in [9.17, 15) is 0 Å². The van der Waals surface area contributed by atoms with Crippen molar-refractivity contribution in [3.8, 4) is 5.88 Å². The Morgan fingerprint density at radius 1 is 1.25 bits per heavy atom. The average molecular weight is 309 g/mol. The summed E-state index contributed by atoms with van der Waals surface area (Å²) in [5, 5.41) is 5.53. The van der Waals surface area contributed by atoms with Crippen LogP contribution in [0.4, 0.5) is 0 Å². The standard InChI is InChI=1S/C15H17ClN2OS/c16-9-4-5-13-14(6-9)20-18-15(13)19-12-7-10-2-1-3-11(8-12)17-10/h4-6,10-12,17H,1-3,7-8H2/t10-,11+,12?. The number of piperidine rings is 2. The molecule has 2 aliphatic heterocycles. The molecule has 3 nitrogen and oxygen atoms in total. The summed E-state index contributed by atoms with van der Waals surface area (Å²) in [5.41, 5.74) is 0. The van der Waals surface area contributed by atoms with Crippen LogP contribution in [-0.2, 0) is 0 Å².